The first-order valence-corrected chi connectivity index (χ1v) is 14.2. The molecule has 0 saturated heterocycles. The van der Waals surface area contributed by atoms with Gasteiger partial charge in [-0.05, 0) is 78.8 Å². The van der Waals surface area contributed by atoms with Crippen LogP contribution in [0.15, 0.2) is 69.5 Å². The molecule has 2 atom stereocenters. The van der Waals surface area contributed by atoms with Gasteiger partial charge in [0.1, 0.15) is 0 Å². The Bertz CT molecular complexity index is 1320. The van der Waals surface area contributed by atoms with Crippen LogP contribution in [-0.4, -0.2) is 30.0 Å². The third-order valence-corrected chi connectivity index (χ3v) is 10.6. The Kier molecular flexibility index (Phi) is 6.34. The van der Waals surface area contributed by atoms with Gasteiger partial charge in [0.15, 0.2) is 0 Å². The van der Waals surface area contributed by atoms with Crippen molar-refractivity contribution in [1.82, 2.24) is 0 Å². The van der Waals surface area contributed by atoms with Crippen molar-refractivity contribution in [2.45, 2.75) is 57.3 Å². The summed E-state index contributed by atoms with van der Waals surface area (Å²) in [5.74, 6) is 0.103. The second-order valence-corrected chi connectivity index (χ2v) is 13.4. The van der Waals surface area contributed by atoms with E-state index >= 15 is 0 Å². The third-order valence-electron chi connectivity index (χ3n) is 8.05. The van der Waals surface area contributed by atoms with Gasteiger partial charge in [0.05, 0.1) is 23.0 Å². The van der Waals surface area contributed by atoms with Crippen LogP contribution >= 0.6 is 0 Å². The minimum absolute atomic E-state index is 0.103. The van der Waals surface area contributed by atoms with Gasteiger partial charge in [-0.15, -0.1) is 0 Å². The van der Waals surface area contributed by atoms with Crippen molar-refractivity contribution in [1.29, 1.82) is 0 Å². The molecule has 0 N–H and O–H groups in total. The first kappa shape index (κ1) is 25.1. The molecule has 2 aromatic rings. The zero-order valence-corrected chi connectivity index (χ0v) is 21.9. The summed E-state index contributed by atoms with van der Waals surface area (Å²) in [5.41, 5.74) is 3.13. The van der Waals surface area contributed by atoms with E-state index in [9.17, 15) is 16.8 Å². The number of hydrogen-bond donors (Lipinski definition) is 0. The van der Waals surface area contributed by atoms with Crippen LogP contribution in [-0.2, 0) is 28.6 Å². The number of fused-ring (bicyclic) bond motifs is 2. The fraction of sp³-hybridized carbons (Fsp3) is 0.462. The van der Waals surface area contributed by atoms with Crippen LogP contribution in [0.2, 0.25) is 0 Å². The van der Waals surface area contributed by atoms with Crippen molar-refractivity contribution >= 4 is 20.2 Å². The Balaban J connectivity index is 1.61. The minimum Gasteiger partial charge on any atom is -0.262 e. The van der Waals surface area contributed by atoms with Crippen LogP contribution in [0.1, 0.15) is 44.7 Å². The predicted molar refractivity (Wildman–Crippen MR) is 130 cm³/mol. The van der Waals surface area contributed by atoms with Crippen molar-refractivity contribution in [3.63, 3.8) is 0 Å². The van der Waals surface area contributed by atoms with Crippen molar-refractivity contribution in [2.75, 3.05) is 13.2 Å². The maximum atomic E-state index is 12.8. The molecule has 8 heteroatoms. The van der Waals surface area contributed by atoms with E-state index in [0.29, 0.717) is 0 Å². The Hall–Kier alpha value is -2.00. The molecular formula is C26H32O6S2. The number of aryl methyl sites for hydroxylation is 2. The maximum Gasteiger partial charge on any atom is 0.297 e. The second kappa shape index (κ2) is 8.59. The molecule has 34 heavy (non-hydrogen) atoms. The van der Waals surface area contributed by atoms with Crippen LogP contribution in [0.25, 0.3) is 0 Å². The van der Waals surface area contributed by atoms with E-state index in [-0.39, 0.29) is 39.8 Å². The van der Waals surface area contributed by atoms with Crippen molar-refractivity contribution in [3.05, 3.63) is 70.8 Å². The SMILES string of the molecule is Cc1ccc(S(=O)(=O)OCC2=C(COS(=O)(=O)c3ccc(C)cc3)C3(C)CCC2C3(C)C)cc1. The molecule has 6 nitrogen and oxygen atoms in total. The topological polar surface area (TPSA) is 86.7 Å². The highest BCUT2D eigenvalue weighted by Crippen LogP contribution is 2.67. The maximum absolute atomic E-state index is 12.8. The van der Waals surface area contributed by atoms with Crippen LogP contribution in [0.5, 0.6) is 0 Å². The monoisotopic (exact) mass is 504 g/mol. The molecule has 0 heterocycles. The number of benzene rings is 2. The normalized spacial score (nSPS) is 24.1. The van der Waals surface area contributed by atoms with Crippen LogP contribution in [0.4, 0.5) is 0 Å². The van der Waals surface area contributed by atoms with Gasteiger partial charge in [0.25, 0.3) is 20.2 Å². The van der Waals surface area contributed by atoms with Gasteiger partial charge in [-0.1, -0.05) is 56.2 Å². The molecule has 0 aliphatic heterocycles. The largest absolute Gasteiger partial charge is 0.297 e. The van der Waals surface area contributed by atoms with Crippen molar-refractivity contribution in [3.8, 4) is 0 Å². The average Bonchev–Trinajstić information content (AvgIpc) is 3.09. The summed E-state index contributed by atoms with van der Waals surface area (Å²) in [6, 6.07) is 13.0. The highest BCUT2D eigenvalue weighted by atomic mass is 32.2. The smallest absolute Gasteiger partial charge is 0.262 e. The predicted octanol–water partition coefficient (Wildman–Crippen LogP) is 5.17. The zero-order chi connectivity index (χ0) is 24.9. The molecule has 2 unspecified atom stereocenters. The molecule has 2 aliphatic rings. The molecule has 4 rings (SSSR count). The standard InChI is InChI=1S/C26H32O6S2/c1-18-6-10-20(11-7-18)33(27,28)31-16-22-23-14-15-26(5,25(23,3)4)24(22)17-32-34(29,30)21-12-8-19(2)9-13-21/h6-13,23H,14-17H2,1-5H3. The van der Waals surface area contributed by atoms with Gasteiger partial charge in [-0.25, -0.2) is 0 Å². The lowest BCUT2D eigenvalue weighted by Crippen LogP contribution is -2.31. The molecule has 0 spiro atoms. The van der Waals surface area contributed by atoms with Gasteiger partial charge in [0.2, 0.25) is 0 Å². The highest BCUT2D eigenvalue weighted by molar-refractivity contribution is 7.87. The number of rotatable bonds is 8. The molecule has 1 saturated carbocycles. The summed E-state index contributed by atoms with van der Waals surface area (Å²) < 4.78 is 62.3. The van der Waals surface area contributed by atoms with Crippen molar-refractivity contribution in [2.24, 2.45) is 16.7 Å². The van der Waals surface area contributed by atoms with E-state index in [0.717, 1.165) is 35.1 Å². The van der Waals surface area contributed by atoms with E-state index in [2.05, 4.69) is 20.8 Å². The molecule has 184 valence electrons. The molecule has 2 aliphatic carbocycles. The van der Waals surface area contributed by atoms with E-state index in [1.807, 2.05) is 13.8 Å². The Morgan fingerprint density at radius 1 is 0.765 bits per heavy atom. The van der Waals surface area contributed by atoms with E-state index in [1.165, 1.54) is 24.3 Å². The van der Waals surface area contributed by atoms with Gasteiger partial charge in [0, 0.05) is 0 Å². The molecule has 0 radical (unpaired) electrons. The Morgan fingerprint density at radius 3 is 1.68 bits per heavy atom. The Morgan fingerprint density at radius 2 is 1.21 bits per heavy atom. The lowest BCUT2D eigenvalue weighted by atomic mass is 9.67. The fourth-order valence-electron chi connectivity index (χ4n) is 5.48. The summed E-state index contributed by atoms with van der Waals surface area (Å²) in [5, 5.41) is 0. The molecule has 0 amide bonds. The Labute approximate surface area is 203 Å². The van der Waals surface area contributed by atoms with Gasteiger partial charge in [-0.2, -0.15) is 16.8 Å². The zero-order valence-electron chi connectivity index (χ0n) is 20.3. The first-order valence-electron chi connectivity index (χ1n) is 11.4. The van der Waals surface area contributed by atoms with Gasteiger partial charge < -0.3 is 0 Å². The lowest BCUT2D eigenvalue weighted by Gasteiger charge is -2.37. The van der Waals surface area contributed by atoms with Gasteiger partial charge >= 0.3 is 0 Å². The molecule has 2 aromatic carbocycles. The van der Waals surface area contributed by atoms with E-state index in [1.54, 1.807) is 24.3 Å². The minimum atomic E-state index is -3.95. The van der Waals surface area contributed by atoms with E-state index < -0.39 is 20.2 Å². The molecule has 2 bridgehead atoms. The van der Waals surface area contributed by atoms with Gasteiger partial charge in [-0.3, -0.25) is 8.37 Å². The highest BCUT2D eigenvalue weighted by Gasteiger charge is 2.60. The fourth-order valence-corrected chi connectivity index (χ4v) is 7.24. The van der Waals surface area contributed by atoms with Crippen LogP contribution < -0.4 is 0 Å². The molecule has 0 aromatic heterocycles. The summed E-state index contributed by atoms with van der Waals surface area (Å²) in [7, 11) is -7.90. The summed E-state index contributed by atoms with van der Waals surface area (Å²) in [4.78, 5) is 0.207. The molecular weight excluding hydrogens is 472 g/mol. The van der Waals surface area contributed by atoms with E-state index in [4.69, 9.17) is 8.37 Å². The molecule has 1 fully saturated rings. The quantitative estimate of drug-likeness (QED) is 0.364. The third kappa shape index (κ3) is 4.26. The second-order valence-electron chi connectivity index (χ2n) is 10.2. The summed E-state index contributed by atoms with van der Waals surface area (Å²) >= 11 is 0. The first-order chi connectivity index (χ1) is 15.8. The lowest BCUT2D eigenvalue weighted by molar-refractivity contribution is 0.156. The average molecular weight is 505 g/mol. The number of hydrogen-bond acceptors (Lipinski definition) is 6. The van der Waals surface area contributed by atoms with Crippen LogP contribution in [0, 0.1) is 30.6 Å². The summed E-state index contributed by atoms with van der Waals surface area (Å²) in [6.07, 6.45) is 1.79. The summed E-state index contributed by atoms with van der Waals surface area (Å²) in [6.45, 7) is 9.97. The van der Waals surface area contributed by atoms with Crippen LogP contribution in [0.3, 0.4) is 0 Å². The van der Waals surface area contributed by atoms with Crippen molar-refractivity contribution < 1.29 is 25.2 Å².